The molecule has 2 rings (SSSR count). The quantitative estimate of drug-likeness (QED) is 0.788. The fourth-order valence-electron chi connectivity index (χ4n) is 2.20. The van der Waals surface area contributed by atoms with E-state index in [9.17, 15) is 13.2 Å². The predicted octanol–water partition coefficient (Wildman–Crippen LogP) is 1.72. The largest absolute Gasteiger partial charge is 0.352 e. The molecule has 0 aromatic heterocycles. The first-order chi connectivity index (χ1) is 11.9. The molecule has 0 spiro atoms. The zero-order valence-electron chi connectivity index (χ0n) is 13.8. The molecule has 0 fully saturated rings. The summed E-state index contributed by atoms with van der Waals surface area (Å²) in [6.45, 7) is 0.339. The standard InChI is InChI=1S/C18H19N3O3S/c1-20-25(23,24)17-9-6-16(7-10-17)13-21-18(22)11-8-14-2-4-15(12-19)5-3-14/h2-7,9-10,20H,8,11,13H2,1H3,(H,21,22). The van der Waals surface area contributed by atoms with Gasteiger partial charge in [-0.2, -0.15) is 5.26 Å². The molecule has 0 saturated carbocycles. The van der Waals surface area contributed by atoms with Gasteiger partial charge in [0, 0.05) is 13.0 Å². The summed E-state index contributed by atoms with van der Waals surface area (Å²) in [5, 5.41) is 11.6. The molecule has 1 amide bonds. The number of rotatable bonds is 7. The third-order valence-electron chi connectivity index (χ3n) is 3.72. The Balaban J connectivity index is 1.82. The smallest absolute Gasteiger partial charge is 0.240 e. The SMILES string of the molecule is CNS(=O)(=O)c1ccc(CNC(=O)CCc2ccc(C#N)cc2)cc1. The highest BCUT2D eigenvalue weighted by Crippen LogP contribution is 2.10. The van der Waals surface area contributed by atoms with Gasteiger partial charge in [0.05, 0.1) is 16.5 Å². The predicted molar refractivity (Wildman–Crippen MR) is 94.0 cm³/mol. The Kier molecular flexibility index (Phi) is 6.28. The van der Waals surface area contributed by atoms with Crippen LogP contribution in [0.2, 0.25) is 0 Å². The molecule has 0 saturated heterocycles. The molecular formula is C18H19N3O3S. The maximum atomic E-state index is 11.9. The number of hydrogen-bond acceptors (Lipinski definition) is 4. The van der Waals surface area contributed by atoms with Crippen LogP contribution in [0, 0.1) is 11.3 Å². The molecule has 0 unspecified atom stereocenters. The average molecular weight is 357 g/mol. The van der Waals surface area contributed by atoms with Gasteiger partial charge in [0.1, 0.15) is 0 Å². The van der Waals surface area contributed by atoms with Crippen LogP contribution in [-0.4, -0.2) is 21.4 Å². The van der Waals surface area contributed by atoms with E-state index in [0.29, 0.717) is 24.9 Å². The van der Waals surface area contributed by atoms with Crippen LogP contribution in [0.1, 0.15) is 23.1 Å². The molecule has 6 nitrogen and oxygen atoms in total. The molecule has 0 atom stereocenters. The summed E-state index contributed by atoms with van der Waals surface area (Å²) in [7, 11) is -2.09. The highest BCUT2D eigenvalue weighted by Gasteiger charge is 2.10. The number of benzene rings is 2. The summed E-state index contributed by atoms with van der Waals surface area (Å²) >= 11 is 0. The number of carbonyl (C=O) groups is 1. The lowest BCUT2D eigenvalue weighted by Crippen LogP contribution is -2.23. The Morgan fingerprint density at radius 1 is 1.04 bits per heavy atom. The van der Waals surface area contributed by atoms with Crippen LogP contribution in [0.4, 0.5) is 0 Å². The number of nitrogens with one attached hydrogen (secondary N) is 2. The van der Waals surface area contributed by atoms with E-state index >= 15 is 0 Å². The summed E-state index contributed by atoms with van der Waals surface area (Å²) in [6.07, 6.45) is 0.939. The second kappa shape index (κ2) is 8.42. The summed E-state index contributed by atoms with van der Waals surface area (Å²) in [5.74, 6) is -0.0868. The maximum absolute atomic E-state index is 11.9. The molecule has 2 aromatic rings. The number of nitrogens with zero attached hydrogens (tertiary/aromatic N) is 1. The molecule has 0 radical (unpaired) electrons. The Hall–Kier alpha value is -2.69. The third kappa shape index (κ3) is 5.41. The monoisotopic (exact) mass is 357 g/mol. The number of sulfonamides is 1. The Bertz CT molecular complexity index is 867. The Morgan fingerprint density at radius 3 is 2.20 bits per heavy atom. The first kappa shape index (κ1) is 18.6. The van der Waals surface area contributed by atoms with Gasteiger partial charge in [0.15, 0.2) is 0 Å². The van der Waals surface area contributed by atoms with Gasteiger partial charge in [-0.3, -0.25) is 4.79 Å². The van der Waals surface area contributed by atoms with Gasteiger partial charge in [-0.05, 0) is 48.9 Å². The van der Waals surface area contributed by atoms with Crippen molar-refractivity contribution in [1.29, 1.82) is 5.26 Å². The van der Waals surface area contributed by atoms with Crippen LogP contribution in [0.3, 0.4) is 0 Å². The number of carbonyl (C=O) groups excluding carboxylic acids is 1. The molecule has 130 valence electrons. The molecule has 0 bridgehead atoms. The van der Waals surface area contributed by atoms with Crippen molar-refractivity contribution in [3.8, 4) is 6.07 Å². The second-order valence-electron chi connectivity index (χ2n) is 5.44. The minimum atomic E-state index is -3.45. The van der Waals surface area contributed by atoms with Crippen LogP contribution in [0.15, 0.2) is 53.4 Å². The van der Waals surface area contributed by atoms with Crippen molar-refractivity contribution in [3.63, 3.8) is 0 Å². The molecular weight excluding hydrogens is 338 g/mol. The van der Waals surface area contributed by atoms with E-state index in [1.807, 2.05) is 12.1 Å². The first-order valence-corrected chi connectivity index (χ1v) is 9.21. The molecule has 0 heterocycles. The van der Waals surface area contributed by atoms with E-state index in [4.69, 9.17) is 5.26 Å². The fraction of sp³-hybridized carbons (Fsp3) is 0.222. The van der Waals surface area contributed by atoms with Crippen LogP contribution in [-0.2, 0) is 27.8 Å². The Labute approximate surface area is 147 Å². The lowest BCUT2D eigenvalue weighted by Gasteiger charge is -2.07. The summed E-state index contributed by atoms with van der Waals surface area (Å²) in [5.41, 5.74) is 2.41. The maximum Gasteiger partial charge on any atom is 0.240 e. The molecule has 2 aromatic carbocycles. The van der Waals surface area contributed by atoms with E-state index in [2.05, 4.69) is 16.1 Å². The van der Waals surface area contributed by atoms with E-state index in [0.717, 1.165) is 11.1 Å². The van der Waals surface area contributed by atoms with Gasteiger partial charge in [0.2, 0.25) is 15.9 Å². The minimum absolute atomic E-state index is 0.0868. The molecule has 7 heteroatoms. The van der Waals surface area contributed by atoms with Gasteiger partial charge in [-0.1, -0.05) is 24.3 Å². The van der Waals surface area contributed by atoms with Crippen molar-refractivity contribution in [3.05, 3.63) is 65.2 Å². The van der Waals surface area contributed by atoms with Crippen LogP contribution in [0.25, 0.3) is 0 Å². The molecule has 0 aliphatic rings. The number of amides is 1. The van der Waals surface area contributed by atoms with E-state index in [-0.39, 0.29) is 10.8 Å². The minimum Gasteiger partial charge on any atom is -0.352 e. The summed E-state index contributed by atoms with van der Waals surface area (Å²) < 4.78 is 25.5. The summed E-state index contributed by atoms with van der Waals surface area (Å²) in [6, 6.07) is 15.5. The third-order valence-corrected chi connectivity index (χ3v) is 5.15. The van der Waals surface area contributed by atoms with Crippen molar-refractivity contribution in [1.82, 2.24) is 10.0 Å². The molecule has 2 N–H and O–H groups in total. The Morgan fingerprint density at radius 2 is 1.64 bits per heavy atom. The zero-order chi connectivity index (χ0) is 18.3. The summed E-state index contributed by atoms with van der Waals surface area (Å²) in [4.78, 5) is 12.1. The van der Waals surface area contributed by atoms with Gasteiger partial charge < -0.3 is 5.32 Å². The lowest BCUT2D eigenvalue weighted by molar-refractivity contribution is -0.121. The van der Waals surface area contributed by atoms with Crippen molar-refractivity contribution in [2.24, 2.45) is 0 Å². The highest BCUT2D eigenvalue weighted by atomic mass is 32.2. The molecule has 0 aliphatic heterocycles. The highest BCUT2D eigenvalue weighted by molar-refractivity contribution is 7.89. The number of aryl methyl sites for hydroxylation is 1. The first-order valence-electron chi connectivity index (χ1n) is 7.73. The topological polar surface area (TPSA) is 99.1 Å². The van der Waals surface area contributed by atoms with E-state index < -0.39 is 10.0 Å². The normalized spacial score (nSPS) is 10.9. The number of hydrogen-bond donors (Lipinski definition) is 2. The van der Waals surface area contributed by atoms with Gasteiger partial charge in [-0.25, -0.2) is 13.1 Å². The van der Waals surface area contributed by atoms with Crippen molar-refractivity contribution < 1.29 is 13.2 Å². The van der Waals surface area contributed by atoms with Crippen LogP contribution in [0.5, 0.6) is 0 Å². The average Bonchev–Trinajstić information content (AvgIpc) is 2.65. The molecule has 0 aliphatic carbocycles. The van der Waals surface area contributed by atoms with Crippen molar-refractivity contribution in [2.45, 2.75) is 24.3 Å². The molecule has 25 heavy (non-hydrogen) atoms. The van der Waals surface area contributed by atoms with E-state index in [1.54, 1.807) is 24.3 Å². The lowest BCUT2D eigenvalue weighted by atomic mass is 10.1. The zero-order valence-corrected chi connectivity index (χ0v) is 14.6. The van der Waals surface area contributed by atoms with Crippen LogP contribution < -0.4 is 10.0 Å². The van der Waals surface area contributed by atoms with Gasteiger partial charge >= 0.3 is 0 Å². The van der Waals surface area contributed by atoms with E-state index in [1.165, 1.54) is 19.2 Å². The van der Waals surface area contributed by atoms with Gasteiger partial charge in [0.25, 0.3) is 0 Å². The van der Waals surface area contributed by atoms with Crippen molar-refractivity contribution in [2.75, 3.05) is 7.05 Å². The van der Waals surface area contributed by atoms with Crippen molar-refractivity contribution >= 4 is 15.9 Å². The second-order valence-corrected chi connectivity index (χ2v) is 7.32. The van der Waals surface area contributed by atoms with Gasteiger partial charge in [-0.15, -0.1) is 0 Å². The fourth-order valence-corrected chi connectivity index (χ4v) is 2.93. The van der Waals surface area contributed by atoms with Crippen LogP contribution >= 0.6 is 0 Å². The number of nitriles is 1.